The van der Waals surface area contributed by atoms with Gasteiger partial charge in [0, 0.05) is 25.4 Å². The van der Waals surface area contributed by atoms with Gasteiger partial charge >= 0.3 is 0 Å². The number of carbonyl (C=O) groups excluding carboxylic acids is 1. The Balaban J connectivity index is 2.50. The molecule has 0 unspecified atom stereocenters. The summed E-state index contributed by atoms with van der Waals surface area (Å²) < 4.78 is 1.76. The van der Waals surface area contributed by atoms with Crippen LogP contribution in [0.25, 0.3) is 0 Å². The van der Waals surface area contributed by atoms with Gasteiger partial charge in [0.15, 0.2) is 0 Å². The largest absolute Gasteiger partial charge is 0.273 e. The molecule has 0 aliphatic heterocycles. The maximum absolute atomic E-state index is 9.70. The minimum absolute atomic E-state index is 0.489. The molecule has 11 heavy (non-hydrogen) atoms. The molecule has 0 fully saturated rings. The summed E-state index contributed by atoms with van der Waals surface area (Å²) in [6.07, 6.45) is 3.96. The van der Waals surface area contributed by atoms with E-state index in [1.54, 1.807) is 10.9 Å². The Hall–Kier alpha value is -1.41. The van der Waals surface area contributed by atoms with Gasteiger partial charge in [-0.2, -0.15) is 5.10 Å². The summed E-state index contributed by atoms with van der Waals surface area (Å²) in [5, 5.41) is 3.97. The minimum Gasteiger partial charge on any atom is -0.273 e. The molecule has 0 spiro atoms. The fourth-order valence-electron chi connectivity index (χ4n) is 0.863. The summed E-state index contributed by atoms with van der Waals surface area (Å²) in [6, 6.07) is 1.90. The van der Waals surface area contributed by atoms with Gasteiger partial charge in [-0.25, -0.2) is 9.79 Å². The number of hydrogen-bond donors (Lipinski definition) is 0. The highest BCUT2D eigenvalue weighted by Gasteiger charge is 1.95. The highest BCUT2D eigenvalue weighted by atomic mass is 16.1. The van der Waals surface area contributed by atoms with E-state index in [-0.39, 0.29) is 0 Å². The van der Waals surface area contributed by atoms with Crippen LogP contribution < -0.4 is 0 Å². The van der Waals surface area contributed by atoms with E-state index < -0.39 is 0 Å². The summed E-state index contributed by atoms with van der Waals surface area (Å²) in [5.74, 6) is 0. The molecule has 0 saturated heterocycles. The Morgan fingerprint density at radius 2 is 2.64 bits per heavy atom. The molecule has 0 aliphatic rings. The van der Waals surface area contributed by atoms with Crippen molar-refractivity contribution in [3.63, 3.8) is 0 Å². The fraction of sp³-hybridized carbons (Fsp3) is 0.429. The van der Waals surface area contributed by atoms with E-state index in [0.717, 1.165) is 12.1 Å². The topological polar surface area (TPSA) is 47.2 Å². The monoisotopic (exact) mass is 151 g/mol. The first-order valence-electron chi connectivity index (χ1n) is 3.35. The number of aryl methyl sites for hydroxylation is 1. The third-order valence-corrected chi connectivity index (χ3v) is 1.47. The molecule has 0 amide bonds. The number of nitrogens with zero attached hydrogens (tertiary/aromatic N) is 3. The van der Waals surface area contributed by atoms with Gasteiger partial charge in [0.05, 0.1) is 6.54 Å². The van der Waals surface area contributed by atoms with Crippen LogP contribution in [-0.4, -0.2) is 22.4 Å². The molecular weight excluding hydrogens is 142 g/mol. The van der Waals surface area contributed by atoms with Crippen molar-refractivity contribution in [2.75, 3.05) is 6.54 Å². The lowest BCUT2D eigenvalue weighted by atomic mass is 10.3. The van der Waals surface area contributed by atoms with Crippen LogP contribution in [0.1, 0.15) is 5.69 Å². The molecule has 0 atom stereocenters. The molecule has 1 rings (SSSR count). The third kappa shape index (κ3) is 2.02. The summed E-state index contributed by atoms with van der Waals surface area (Å²) in [6.45, 7) is 0.489. The maximum Gasteiger partial charge on any atom is 0.234 e. The second-order valence-electron chi connectivity index (χ2n) is 2.17. The molecule has 0 aliphatic carbocycles. The Morgan fingerprint density at radius 3 is 3.18 bits per heavy atom. The molecule has 1 aromatic rings. The molecule has 1 aromatic heterocycles. The van der Waals surface area contributed by atoms with Crippen LogP contribution in [0, 0.1) is 0 Å². The summed E-state index contributed by atoms with van der Waals surface area (Å²) in [5.41, 5.74) is 1.07. The zero-order valence-corrected chi connectivity index (χ0v) is 6.32. The van der Waals surface area contributed by atoms with E-state index in [0.29, 0.717) is 6.54 Å². The Labute approximate surface area is 64.6 Å². The quantitative estimate of drug-likeness (QED) is 0.460. The van der Waals surface area contributed by atoms with E-state index >= 15 is 0 Å². The minimum atomic E-state index is 0.489. The van der Waals surface area contributed by atoms with Gasteiger partial charge in [-0.3, -0.25) is 4.68 Å². The van der Waals surface area contributed by atoms with Crippen molar-refractivity contribution in [3.8, 4) is 0 Å². The SMILES string of the molecule is Cn1nccc1CCN=C=O. The molecular formula is C7H9N3O. The summed E-state index contributed by atoms with van der Waals surface area (Å²) >= 11 is 0. The molecule has 4 heteroatoms. The highest BCUT2D eigenvalue weighted by Crippen LogP contribution is 1.96. The average molecular weight is 151 g/mol. The number of aliphatic imine (C=N–C) groups is 1. The van der Waals surface area contributed by atoms with Crippen LogP contribution in [-0.2, 0) is 18.3 Å². The second kappa shape index (κ2) is 3.68. The molecule has 0 radical (unpaired) electrons. The van der Waals surface area contributed by atoms with Gasteiger partial charge in [-0.1, -0.05) is 0 Å². The van der Waals surface area contributed by atoms with Gasteiger partial charge in [0.1, 0.15) is 0 Å². The van der Waals surface area contributed by atoms with Crippen molar-refractivity contribution in [3.05, 3.63) is 18.0 Å². The lowest BCUT2D eigenvalue weighted by Gasteiger charge is -1.95. The third-order valence-electron chi connectivity index (χ3n) is 1.47. The predicted molar refractivity (Wildman–Crippen MR) is 39.9 cm³/mol. The molecule has 0 N–H and O–H groups in total. The first kappa shape index (κ1) is 7.69. The summed E-state index contributed by atoms with van der Waals surface area (Å²) in [7, 11) is 1.86. The molecule has 0 saturated carbocycles. The van der Waals surface area contributed by atoms with E-state index in [1.807, 2.05) is 13.1 Å². The van der Waals surface area contributed by atoms with Crippen LogP contribution >= 0.6 is 0 Å². The van der Waals surface area contributed by atoms with Crippen molar-refractivity contribution < 1.29 is 4.79 Å². The van der Waals surface area contributed by atoms with Crippen molar-refractivity contribution in [2.24, 2.45) is 12.0 Å². The van der Waals surface area contributed by atoms with Gasteiger partial charge in [-0.05, 0) is 6.07 Å². The first-order valence-corrected chi connectivity index (χ1v) is 3.35. The average Bonchev–Trinajstić information content (AvgIpc) is 2.37. The lowest BCUT2D eigenvalue weighted by Crippen LogP contribution is -1.99. The van der Waals surface area contributed by atoms with Crippen molar-refractivity contribution in [1.82, 2.24) is 9.78 Å². The van der Waals surface area contributed by atoms with Crippen LogP contribution in [0.5, 0.6) is 0 Å². The van der Waals surface area contributed by atoms with Crippen molar-refractivity contribution >= 4 is 6.08 Å². The van der Waals surface area contributed by atoms with Crippen molar-refractivity contribution in [2.45, 2.75) is 6.42 Å². The zero-order valence-electron chi connectivity index (χ0n) is 6.32. The second-order valence-corrected chi connectivity index (χ2v) is 2.17. The number of rotatable bonds is 3. The normalized spacial score (nSPS) is 9.18. The molecule has 0 aromatic carbocycles. The zero-order chi connectivity index (χ0) is 8.10. The Kier molecular flexibility index (Phi) is 2.58. The van der Waals surface area contributed by atoms with Crippen LogP contribution in [0.2, 0.25) is 0 Å². The van der Waals surface area contributed by atoms with Crippen LogP contribution in [0.15, 0.2) is 17.3 Å². The van der Waals surface area contributed by atoms with E-state index in [9.17, 15) is 4.79 Å². The lowest BCUT2D eigenvalue weighted by molar-refractivity contribution is 0.562. The van der Waals surface area contributed by atoms with Crippen molar-refractivity contribution in [1.29, 1.82) is 0 Å². The summed E-state index contributed by atoms with van der Waals surface area (Å²) in [4.78, 5) is 13.1. The van der Waals surface area contributed by atoms with Crippen LogP contribution in [0.3, 0.4) is 0 Å². The maximum atomic E-state index is 9.70. The molecule has 1 heterocycles. The Morgan fingerprint density at radius 1 is 1.82 bits per heavy atom. The van der Waals surface area contributed by atoms with E-state index in [4.69, 9.17) is 0 Å². The predicted octanol–water partition coefficient (Wildman–Crippen LogP) is 0.298. The fourth-order valence-corrected chi connectivity index (χ4v) is 0.863. The van der Waals surface area contributed by atoms with Gasteiger partial charge < -0.3 is 0 Å². The van der Waals surface area contributed by atoms with Gasteiger partial charge in [-0.15, -0.1) is 0 Å². The Bertz CT molecular complexity index is 273. The number of aromatic nitrogens is 2. The molecule has 58 valence electrons. The van der Waals surface area contributed by atoms with E-state index in [1.165, 1.54) is 6.08 Å². The number of hydrogen-bond acceptors (Lipinski definition) is 3. The van der Waals surface area contributed by atoms with Gasteiger partial charge in [0.25, 0.3) is 0 Å². The van der Waals surface area contributed by atoms with E-state index in [2.05, 4.69) is 10.1 Å². The molecule has 4 nitrogen and oxygen atoms in total. The standard InChI is InChI=1S/C7H9N3O/c1-10-7(3-5-9-10)2-4-8-6-11/h3,5H,2,4H2,1H3. The highest BCUT2D eigenvalue weighted by molar-refractivity contribution is 5.32. The smallest absolute Gasteiger partial charge is 0.234 e. The van der Waals surface area contributed by atoms with Crippen LogP contribution in [0.4, 0.5) is 0 Å². The van der Waals surface area contributed by atoms with Gasteiger partial charge in [0.2, 0.25) is 6.08 Å². The first-order chi connectivity index (χ1) is 5.34. The number of isocyanates is 1. The molecule has 0 bridgehead atoms.